The monoisotopic (exact) mass is 342 g/mol. The van der Waals surface area contributed by atoms with Crippen molar-refractivity contribution >= 4 is 17.7 Å². The highest BCUT2D eigenvalue weighted by atomic mass is 16.6. The fraction of sp³-hybridized carbons (Fsp3) is 0.353. The predicted molar refractivity (Wildman–Crippen MR) is 89.9 cm³/mol. The average molecular weight is 342 g/mol. The maximum Gasteiger partial charge on any atom is 0.336 e. The molecule has 0 spiro atoms. The van der Waals surface area contributed by atoms with Crippen molar-refractivity contribution in [2.24, 2.45) is 0 Å². The molecule has 130 valence electrons. The summed E-state index contributed by atoms with van der Waals surface area (Å²) in [5, 5.41) is 18.8. The minimum absolute atomic E-state index is 0.0605. The second-order valence-electron chi connectivity index (χ2n) is 5.92. The Morgan fingerprint density at radius 2 is 1.96 bits per heavy atom. The van der Waals surface area contributed by atoms with Crippen LogP contribution in [0.2, 0.25) is 0 Å². The van der Waals surface area contributed by atoms with Crippen LogP contribution in [0, 0.1) is 10.1 Å². The third kappa shape index (κ3) is 4.50. The first-order chi connectivity index (χ1) is 12.1. The lowest BCUT2D eigenvalue weighted by molar-refractivity contribution is -0.384. The van der Waals surface area contributed by atoms with Gasteiger partial charge in [-0.1, -0.05) is 24.5 Å². The molecule has 25 heavy (non-hydrogen) atoms. The number of ether oxygens (including phenoxy) is 1. The van der Waals surface area contributed by atoms with E-state index in [2.05, 4.69) is 10.3 Å². The molecule has 1 heterocycles. The summed E-state index contributed by atoms with van der Waals surface area (Å²) < 4.78 is 6.95. The van der Waals surface area contributed by atoms with Gasteiger partial charge in [0.1, 0.15) is 11.4 Å². The van der Waals surface area contributed by atoms with Gasteiger partial charge in [0.25, 0.3) is 5.69 Å². The number of carbonyl (C=O) groups is 1. The number of hydrogen-bond donors (Lipinski definition) is 0. The Kier molecular flexibility index (Phi) is 5.17. The summed E-state index contributed by atoms with van der Waals surface area (Å²) in [5.41, 5.74) is 0.529. The number of rotatable bonds is 5. The van der Waals surface area contributed by atoms with Crippen molar-refractivity contribution in [1.82, 2.24) is 15.0 Å². The molecule has 0 aliphatic heterocycles. The van der Waals surface area contributed by atoms with Crippen LogP contribution in [0.5, 0.6) is 5.75 Å². The van der Waals surface area contributed by atoms with E-state index in [0.717, 1.165) is 12.8 Å². The molecule has 1 aliphatic carbocycles. The maximum absolute atomic E-state index is 11.8. The second kappa shape index (κ2) is 7.69. The van der Waals surface area contributed by atoms with Gasteiger partial charge in [-0.3, -0.25) is 10.1 Å². The zero-order chi connectivity index (χ0) is 17.6. The molecule has 1 aromatic heterocycles. The topological polar surface area (TPSA) is 100 Å². The van der Waals surface area contributed by atoms with Crippen molar-refractivity contribution < 1.29 is 14.5 Å². The molecule has 1 aromatic carbocycles. The first-order valence-electron chi connectivity index (χ1n) is 8.18. The number of carbonyl (C=O) groups excluding carboxylic acids is 1. The van der Waals surface area contributed by atoms with E-state index in [0.29, 0.717) is 11.7 Å². The molecule has 0 unspecified atom stereocenters. The van der Waals surface area contributed by atoms with Crippen LogP contribution in [0.1, 0.15) is 43.8 Å². The Bertz CT molecular complexity index is 776. The van der Waals surface area contributed by atoms with Crippen LogP contribution in [0.4, 0.5) is 5.69 Å². The Morgan fingerprint density at radius 3 is 2.64 bits per heavy atom. The highest BCUT2D eigenvalue weighted by Gasteiger charge is 2.16. The SMILES string of the molecule is O=C(/C=C/c1cn(C2CCCCC2)nn1)Oc1ccc([N+](=O)[O-])cc1. The molecule has 0 N–H and O–H groups in total. The number of aromatic nitrogens is 3. The fourth-order valence-corrected chi connectivity index (χ4v) is 2.83. The standard InChI is InChI=1S/C17H18N4O4/c22-17(25-16-9-7-15(8-10-16)21(23)24)11-6-13-12-20(19-18-13)14-4-2-1-3-5-14/h6-12,14H,1-5H2/b11-6+. The molecule has 8 heteroatoms. The van der Waals surface area contributed by atoms with Gasteiger partial charge >= 0.3 is 5.97 Å². The van der Waals surface area contributed by atoms with E-state index in [1.54, 1.807) is 6.08 Å². The van der Waals surface area contributed by atoms with Gasteiger partial charge in [-0.15, -0.1) is 5.10 Å². The highest BCUT2D eigenvalue weighted by Crippen LogP contribution is 2.27. The molecule has 0 radical (unpaired) electrons. The summed E-state index contributed by atoms with van der Waals surface area (Å²) in [4.78, 5) is 21.9. The lowest BCUT2D eigenvalue weighted by Gasteiger charge is -2.20. The van der Waals surface area contributed by atoms with Gasteiger partial charge in [0.15, 0.2) is 0 Å². The molecule has 8 nitrogen and oxygen atoms in total. The molecule has 1 fully saturated rings. The van der Waals surface area contributed by atoms with Crippen molar-refractivity contribution in [2.45, 2.75) is 38.1 Å². The third-order valence-corrected chi connectivity index (χ3v) is 4.13. The first kappa shape index (κ1) is 16.8. The van der Waals surface area contributed by atoms with Gasteiger partial charge in [-0.25, -0.2) is 9.48 Å². The number of hydrogen-bond acceptors (Lipinski definition) is 6. The van der Waals surface area contributed by atoms with Crippen LogP contribution in [0.15, 0.2) is 36.5 Å². The van der Waals surface area contributed by atoms with Crippen LogP contribution in [0.3, 0.4) is 0 Å². The molecule has 1 aliphatic rings. The second-order valence-corrected chi connectivity index (χ2v) is 5.92. The number of nitro benzene ring substituents is 1. The Labute approximate surface area is 144 Å². The Morgan fingerprint density at radius 1 is 1.24 bits per heavy atom. The van der Waals surface area contributed by atoms with Gasteiger partial charge in [0.05, 0.1) is 17.2 Å². The molecule has 0 amide bonds. The van der Waals surface area contributed by atoms with Crippen molar-refractivity contribution in [1.29, 1.82) is 0 Å². The number of nitro groups is 1. The quantitative estimate of drug-likeness (QED) is 0.272. The van der Waals surface area contributed by atoms with E-state index >= 15 is 0 Å². The van der Waals surface area contributed by atoms with E-state index in [1.165, 1.54) is 49.6 Å². The van der Waals surface area contributed by atoms with Crippen LogP contribution in [-0.2, 0) is 4.79 Å². The molecule has 0 saturated heterocycles. The van der Waals surface area contributed by atoms with E-state index in [1.807, 2.05) is 10.9 Å². The molecule has 1 saturated carbocycles. The van der Waals surface area contributed by atoms with Gasteiger partial charge < -0.3 is 4.74 Å². The minimum atomic E-state index is -0.582. The lowest BCUT2D eigenvalue weighted by atomic mass is 9.96. The zero-order valence-corrected chi connectivity index (χ0v) is 13.6. The minimum Gasteiger partial charge on any atom is -0.423 e. The predicted octanol–water partition coefficient (Wildman–Crippen LogP) is 3.31. The largest absolute Gasteiger partial charge is 0.423 e. The summed E-state index contributed by atoms with van der Waals surface area (Å²) in [6.07, 6.45) is 10.5. The van der Waals surface area contributed by atoms with Crippen LogP contribution in [0.25, 0.3) is 6.08 Å². The molecular formula is C17H18N4O4. The summed E-state index contributed by atoms with van der Waals surface area (Å²) in [5.74, 6) is -0.341. The number of non-ortho nitro benzene ring substituents is 1. The zero-order valence-electron chi connectivity index (χ0n) is 13.6. The molecule has 0 bridgehead atoms. The normalized spacial score (nSPS) is 15.4. The van der Waals surface area contributed by atoms with Crippen molar-refractivity contribution in [3.8, 4) is 5.75 Å². The van der Waals surface area contributed by atoms with Gasteiger partial charge in [0, 0.05) is 18.2 Å². The van der Waals surface area contributed by atoms with Crippen LogP contribution < -0.4 is 4.74 Å². The molecule has 0 atom stereocenters. The fourth-order valence-electron chi connectivity index (χ4n) is 2.83. The van der Waals surface area contributed by atoms with E-state index in [4.69, 9.17) is 4.74 Å². The smallest absolute Gasteiger partial charge is 0.336 e. The maximum atomic E-state index is 11.8. The van der Waals surface area contributed by atoms with Crippen LogP contribution in [-0.4, -0.2) is 25.9 Å². The summed E-state index contributed by atoms with van der Waals surface area (Å²) in [6, 6.07) is 5.70. The average Bonchev–Trinajstić information content (AvgIpc) is 3.10. The number of nitrogens with zero attached hydrogens (tertiary/aromatic N) is 4. The Hall–Kier alpha value is -3.03. The summed E-state index contributed by atoms with van der Waals surface area (Å²) >= 11 is 0. The third-order valence-electron chi connectivity index (χ3n) is 4.13. The lowest BCUT2D eigenvalue weighted by Crippen LogP contribution is -2.13. The number of esters is 1. The van der Waals surface area contributed by atoms with E-state index in [-0.39, 0.29) is 11.4 Å². The van der Waals surface area contributed by atoms with E-state index in [9.17, 15) is 14.9 Å². The summed E-state index contributed by atoms with van der Waals surface area (Å²) in [7, 11) is 0. The van der Waals surface area contributed by atoms with Crippen molar-refractivity contribution in [3.63, 3.8) is 0 Å². The molecule has 2 aromatic rings. The van der Waals surface area contributed by atoms with Gasteiger partial charge in [-0.05, 0) is 31.1 Å². The van der Waals surface area contributed by atoms with Crippen molar-refractivity contribution in [2.75, 3.05) is 0 Å². The highest BCUT2D eigenvalue weighted by molar-refractivity contribution is 5.88. The van der Waals surface area contributed by atoms with Crippen LogP contribution >= 0.6 is 0 Å². The summed E-state index contributed by atoms with van der Waals surface area (Å²) in [6.45, 7) is 0. The number of benzene rings is 1. The Balaban J connectivity index is 1.57. The molecular weight excluding hydrogens is 324 g/mol. The molecule has 3 rings (SSSR count). The van der Waals surface area contributed by atoms with E-state index < -0.39 is 10.9 Å². The first-order valence-corrected chi connectivity index (χ1v) is 8.18. The van der Waals surface area contributed by atoms with Gasteiger partial charge in [0.2, 0.25) is 0 Å². The van der Waals surface area contributed by atoms with Gasteiger partial charge in [-0.2, -0.15) is 0 Å². The van der Waals surface area contributed by atoms with Crippen molar-refractivity contribution in [3.05, 3.63) is 52.3 Å².